The molecule has 1 aromatic heterocycles. The monoisotopic (exact) mass is 692 g/mol. The number of aromatic nitrogens is 1. The van der Waals surface area contributed by atoms with E-state index in [1.54, 1.807) is 20.3 Å². The number of aromatic amines is 1. The van der Waals surface area contributed by atoms with Crippen molar-refractivity contribution in [2.45, 2.75) is 56.2 Å². The van der Waals surface area contributed by atoms with Gasteiger partial charge in [-0.2, -0.15) is 0 Å². The zero-order valence-electron chi connectivity index (χ0n) is 22.3. The van der Waals surface area contributed by atoms with E-state index in [2.05, 4.69) is 54.9 Å². The molecule has 0 aliphatic heterocycles. The summed E-state index contributed by atoms with van der Waals surface area (Å²) in [6, 6.07) is 13.8. The molecule has 3 N–H and O–H groups in total. The fourth-order valence-corrected chi connectivity index (χ4v) is 4.94. The van der Waals surface area contributed by atoms with E-state index in [0.29, 0.717) is 5.69 Å². The molecule has 38 heavy (non-hydrogen) atoms. The van der Waals surface area contributed by atoms with Gasteiger partial charge in [0.2, 0.25) is 0 Å². The first kappa shape index (κ1) is 30.3. The second kappa shape index (κ2) is 12.3. The number of fused-ring (bicyclic) bond motifs is 1. The number of nitrogens with two attached hydrogens (primary N) is 1. The molecular weight excluding hydrogens is 659 g/mol. The first-order valence-corrected chi connectivity index (χ1v) is 18.9. The second-order valence-corrected chi connectivity index (χ2v) is 15.5. The van der Waals surface area contributed by atoms with Crippen LogP contribution in [0.25, 0.3) is 10.9 Å². The molecule has 9 heteroatoms. The Labute approximate surface area is 245 Å². The summed E-state index contributed by atoms with van der Waals surface area (Å²) in [7, 11) is 1.44. The molecule has 0 amide bonds. The third kappa shape index (κ3) is 6.65. The van der Waals surface area contributed by atoms with E-state index in [9.17, 15) is 9.59 Å². The van der Waals surface area contributed by atoms with Gasteiger partial charge in [-0.1, -0.05) is 37.7 Å². The Bertz CT molecular complexity index is 1380. The van der Waals surface area contributed by atoms with E-state index >= 15 is 0 Å². The van der Waals surface area contributed by atoms with Gasteiger partial charge in [-0.15, -0.1) is 5.54 Å². The summed E-state index contributed by atoms with van der Waals surface area (Å²) in [4.78, 5) is 26.8. The van der Waals surface area contributed by atoms with Crippen molar-refractivity contribution in [2.75, 3.05) is 20.0 Å². The number of esters is 2. The summed E-state index contributed by atoms with van der Waals surface area (Å²) in [5.41, 5.74) is 13.1. The van der Waals surface area contributed by atoms with Gasteiger partial charge in [0.25, 0.3) is 0 Å². The molecule has 2 aliphatic carbocycles. The van der Waals surface area contributed by atoms with Crippen LogP contribution in [0.5, 0.6) is 0 Å². The molecule has 0 unspecified atom stereocenters. The van der Waals surface area contributed by atoms with Gasteiger partial charge in [0.1, 0.15) is 8.07 Å². The number of nitrogens with one attached hydrogen (secondary N) is 1. The van der Waals surface area contributed by atoms with E-state index < -0.39 is 13.5 Å². The number of rotatable bonds is 4. The number of carbonyl (C=O) groups is 2. The topological polar surface area (TPSA) is 94.4 Å². The van der Waals surface area contributed by atoms with Gasteiger partial charge in [-0.3, -0.25) is 9.59 Å². The quantitative estimate of drug-likeness (QED) is 0.116. The number of halogens is 1. The van der Waals surface area contributed by atoms with Gasteiger partial charge >= 0.3 is 45.0 Å². The van der Waals surface area contributed by atoms with E-state index in [0.717, 1.165) is 53.3 Å². The molecule has 0 spiro atoms. The summed E-state index contributed by atoms with van der Waals surface area (Å²) < 4.78 is 9.80. The number of methoxy groups -OCH3 is 2. The average Bonchev–Trinajstić information content (AvgIpc) is 3.85. The van der Waals surface area contributed by atoms with Gasteiger partial charge in [0.05, 0.1) is 25.0 Å². The minimum atomic E-state index is -1.45. The molecule has 0 bridgehead atoms. The third-order valence-corrected chi connectivity index (χ3v) is 7.81. The number of benzene rings is 2. The number of hydrogen-bond donors (Lipinski definition) is 2. The van der Waals surface area contributed by atoms with Crippen LogP contribution >= 0.6 is 20.3 Å². The van der Waals surface area contributed by atoms with E-state index in [1.165, 1.54) is 14.2 Å². The molecule has 2 aliphatic rings. The van der Waals surface area contributed by atoms with Crippen LogP contribution in [0.15, 0.2) is 48.7 Å². The van der Waals surface area contributed by atoms with Gasteiger partial charge in [0.15, 0.2) is 0 Å². The van der Waals surface area contributed by atoms with Crippen LogP contribution in [0, 0.1) is 11.5 Å². The minimum absolute atomic E-state index is 0.109. The molecule has 0 atom stereocenters. The molecule has 2 saturated carbocycles. The Kier molecular flexibility index (Phi) is 9.79. The molecule has 0 saturated heterocycles. The van der Waals surface area contributed by atoms with Crippen molar-refractivity contribution in [3.63, 3.8) is 0 Å². The Morgan fingerprint density at radius 2 is 1.45 bits per heavy atom. The normalized spacial score (nSPS) is 15.9. The van der Waals surface area contributed by atoms with Crippen molar-refractivity contribution in [3.05, 3.63) is 65.4 Å². The zero-order valence-corrected chi connectivity index (χ0v) is 26.4. The van der Waals surface area contributed by atoms with E-state index in [4.69, 9.17) is 15.2 Å². The van der Waals surface area contributed by atoms with E-state index in [-0.39, 0.29) is 17.4 Å². The van der Waals surface area contributed by atoms with Crippen LogP contribution in [-0.2, 0) is 42.7 Å². The maximum atomic E-state index is 11.9. The molecule has 2 aromatic carbocycles. The van der Waals surface area contributed by atoms with Gasteiger partial charge < -0.3 is 20.2 Å². The van der Waals surface area contributed by atoms with Gasteiger partial charge in [-0.25, -0.2) is 0 Å². The van der Waals surface area contributed by atoms with Crippen LogP contribution in [0.4, 0.5) is 5.69 Å². The summed E-state index contributed by atoms with van der Waals surface area (Å²) in [5, 5.41) is 1.15. The van der Waals surface area contributed by atoms with Crippen molar-refractivity contribution in [1.82, 2.24) is 4.98 Å². The van der Waals surface area contributed by atoms with Crippen LogP contribution in [0.3, 0.4) is 0 Å². The van der Waals surface area contributed by atoms with Crippen molar-refractivity contribution in [2.24, 2.45) is 0 Å². The maximum absolute atomic E-state index is 11.9. The molecular formula is C29H34CuIN2O4Si. The molecule has 0 radical (unpaired) electrons. The first-order valence-electron chi connectivity index (χ1n) is 12.3. The average molecular weight is 693 g/mol. The van der Waals surface area contributed by atoms with Crippen LogP contribution in [0.1, 0.15) is 42.4 Å². The Hall–Kier alpha value is -2.25. The third-order valence-electron chi connectivity index (χ3n) is 6.94. The first-order chi connectivity index (χ1) is 18.0. The number of ether oxygens (including phenoxy) is 2. The van der Waals surface area contributed by atoms with Crippen LogP contribution in [0.2, 0.25) is 19.6 Å². The van der Waals surface area contributed by atoms with Crippen molar-refractivity contribution in [1.29, 1.82) is 0 Å². The standard InChI is InChI=1S/C16H21NO2Si.C13H13NO2.Cu.HI/c1-19-15(18)16(8-9-16)13-5-6-14(17)12(11-13)7-10-20(2,3)4;1-16-12(15)13(5-6-13)10-2-3-11-9(8-10)4-7-14-11;;/h5-6,11H,8-9,17H2,1-4H3;2-4,7-8,14H,5-6H2,1H3;;1H/q;;+1;/p-1. The summed E-state index contributed by atoms with van der Waals surface area (Å²) in [6.07, 6.45) is 5.38. The Morgan fingerprint density at radius 1 is 0.921 bits per heavy atom. The Morgan fingerprint density at radius 3 is 1.95 bits per heavy atom. The number of carbonyl (C=O) groups excluding carboxylic acids is 2. The predicted molar refractivity (Wildman–Crippen MR) is 159 cm³/mol. The number of hydrogen-bond acceptors (Lipinski definition) is 5. The molecule has 3 aromatic rings. The second-order valence-electron chi connectivity index (χ2n) is 10.7. The number of nitrogen functional groups attached to an aromatic ring is 1. The van der Waals surface area contributed by atoms with Crippen molar-refractivity contribution >= 4 is 56.9 Å². The van der Waals surface area contributed by atoms with Crippen molar-refractivity contribution < 1.29 is 31.8 Å². The molecule has 1 heterocycles. The van der Waals surface area contributed by atoms with Crippen LogP contribution in [-0.4, -0.2) is 39.2 Å². The van der Waals surface area contributed by atoms with E-state index in [1.807, 2.05) is 42.6 Å². The molecule has 6 nitrogen and oxygen atoms in total. The predicted octanol–water partition coefficient (Wildman–Crippen LogP) is 5.96. The fourth-order valence-electron chi connectivity index (χ4n) is 4.43. The fraction of sp³-hybridized carbons (Fsp3) is 0.379. The summed E-state index contributed by atoms with van der Waals surface area (Å²) in [6.45, 7) is 6.57. The number of H-pyrrole nitrogens is 1. The number of anilines is 1. The SMILES string of the molecule is COC(=O)C1(c2ccc(N)c(C#C[Si](C)(C)C)c2)CC1.COC(=O)C1(c2ccc3[nH]ccc3c2)CC1.[Cu][I]. The van der Waals surface area contributed by atoms with Crippen molar-refractivity contribution in [3.8, 4) is 11.5 Å². The Balaban J connectivity index is 0.000000201. The summed E-state index contributed by atoms with van der Waals surface area (Å²) in [5.74, 6) is 2.92. The van der Waals surface area contributed by atoms with Gasteiger partial charge in [-0.05, 0) is 72.5 Å². The van der Waals surface area contributed by atoms with Crippen LogP contribution < -0.4 is 5.73 Å². The zero-order chi connectivity index (χ0) is 28.1. The molecule has 206 valence electrons. The van der Waals surface area contributed by atoms with Gasteiger partial charge in [0, 0.05) is 23.0 Å². The summed E-state index contributed by atoms with van der Waals surface area (Å²) >= 11 is 5.87. The molecule has 2 fully saturated rings. The molecule has 5 rings (SSSR count).